The van der Waals surface area contributed by atoms with Crippen molar-refractivity contribution in [2.24, 2.45) is 17.8 Å². The number of aromatic nitrogens is 3. The van der Waals surface area contributed by atoms with E-state index in [2.05, 4.69) is 93.5 Å². The first-order valence-electron chi connectivity index (χ1n) is 21.3. The van der Waals surface area contributed by atoms with Crippen LogP contribution in [-0.4, -0.2) is 64.0 Å². The molecular weight excluding hydrogens is 739 g/mol. The quantitative estimate of drug-likeness (QED) is 0.0933. The summed E-state index contributed by atoms with van der Waals surface area (Å²) in [6.45, 7) is 10.6. The Morgan fingerprint density at radius 2 is 1.69 bits per heavy atom. The zero-order valence-corrected chi connectivity index (χ0v) is 35.4. The molecule has 3 aliphatic rings. The molecule has 59 heavy (non-hydrogen) atoms. The fraction of sp³-hybridized carbons (Fsp3) is 0.438. The lowest BCUT2D eigenvalue weighted by atomic mass is 9.88. The van der Waals surface area contributed by atoms with Gasteiger partial charge in [-0.15, -0.1) is 0 Å². The number of carbonyl (C=O) groups is 3. The van der Waals surface area contributed by atoms with E-state index in [1.165, 1.54) is 44.2 Å². The summed E-state index contributed by atoms with van der Waals surface area (Å²) < 4.78 is 4.80. The van der Waals surface area contributed by atoms with Crippen LogP contribution in [0.5, 0.6) is 0 Å². The molecule has 11 nitrogen and oxygen atoms in total. The topological polar surface area (TPSA) is 141 Å². The number of nitrogens with one attached hydrogen (secondary N) is 4. The van der Waals surface area contributed by atoms with E-state index in [4.69, 9.17) is 9.72 Å². The minimum atomic E-state index is -0.646. The molecule has 1 saturated heterocycles. The maximum atomic E-state index is 13.7. The second-order valence-corrected chi connectivity index (χ2v) is 16.4. The van der Waals surface area contributed by atoms with Crippen LogP contribution in [0.2, 0.25) is 0 Å². The van der Waals surface area contributed by atoms with E-state index in [1.807, 2.05) is 50.9 Å². The summed E-state index contributed by atoms with van der Waals surface area (Å²) in [5.41, 5.74) is 8.68. The third kappa shape index (κ3) is 10.5. The Balaban J connectivity index is 0.000000461. The number of pyridine rings is 1. The highest BCUT2D eigenvalue weighted by Crippen LogP contribution is 2.52. The van der Waals surface area contributed by atoms with Crippen molar-refractivity contribution < 1.29 is 19.1 Å². The number of alkyl carbamates (subject to hydrolysis) is 1. The van der Waals surface area contributed by atoms with Crippen molar-refractivity contribution in [1.29, 1.82) is 0 Å². The fourth-order valence-electron chi connectivity index (χ4n) is 8.95. The number of ether oxygens (including phenoxy) is 1. The Kier molecular flexibility index (Phi) is 14.8. The molecule has 2 aromatic heterocycles. The van der Waals surface area contributed by atoms with Crippen LogP contribution in [0.1, 0.15) is 108 Å². The van der Waals surface area contributed by atoms with Gasteiger partial charge in [-0.3, -0.25) is 14.6 Å². The SMILES string of the molecule is C/C=C(\N/C(=C/CC)C1CCCN1C(=O)C(NC(=O)OC)C(C)C)c1ccc(-c2ccc(-c3cnc(C4CC5CCC4C5)[nH]3)cc2)cc1.CC(NC=O)c1cccnc1. The second-order valence-electron chi connectivity index (χ2n) is 16.4. The number of fused-ring (bicyclic) bond motifs is 2. The Morgan fingerprint density at radius 3 is 2.29 bits per heavy atom. The van der Waals surface area contributed by atoms with Gasteiger partial charge in [0.2, 0.25) is 12.3 Å². The van der Waals surface area contributed by atoms with Crippen LogP contribution in [0.15, 0.2) is 97.1 Å². The number of imidazole rings is 1. The molecule has 3 amide bonds. The smallest absolute Gasteiger partial charge is 0.407 e. The number of hydrogen-bond acceptors (Lipinski definition) is 7. The summed E-state index contributed by atoms with van der Waals surface area (Å²) in [7, 11) is 1.32. The van der Waals surface area contributed by atoms with Gasteiger partial charge in [0.15, 0.2) is 0 Å². The predicted octanol–water partition coefficient (Wildman–Crippen LogP) is 9.15. The number of methoxy groups -OCH3 is 1. The minimum Gasteiger partial charge on any atom is -0.453 e. The molecule has 6 unspecified atom stereocenters. The molecule has 2 aliphatic carbocycles. The van der Waals surface area contributed by atoms with Gasteiger partial charge in [0, 0.05) is 36.3 Å². The van der Waals surface area contributed by atoms with Crippen LogP contribution in [0, 0.1) is 17.8 Å². The predicted molar refractivity (Wildman–Crippen MR) is 234 cm³/mol. The standard InChI is InChI=1S/C40H51N5O3.C8H10N2O/c1-6-9-34(36-10-8-21-45(36)39(46)37(25(3)4)44-40(47)48-5)42-33(7-2)29-17-13-27(14-18-29)28-15-19-30(20-16-28)35-24-41-38(43-35)32-23-26-11-12-31(32)22-26;1-7(10-6-11)8-3-2-4-9-5-8/h7,9,13-20,24-26,31-32,36-37,42H,6,8,10-12,21-23H2,1-5H3,(H,41,43)(H,44,47);2-7H,1H3,(H,10,11)/b33-7-,34-9+;. The summed E-state index contributed by atoms with van der Waals surface area (Å²) in [5.74, 6) is 3.35. The van der Waals surface area contributed by atoms with Crippen molar-refractivity contribution in [1.82, 2.24) is 35.8 Å². The first kappa shape index (κ1) is 42.9. The monoisotopic (exact) mass is 799 g/mol. The number of allylic oxidation sites excluding steroid dienone is 2. The number of benzene rings is 2. The second kappa shape index (κ2) is 20.3. The van der Waals surface area contributed by atoms with E-state index in [9.17, 15) is 14.4 Å². The molecule has 4 N–H and O–H groups in total. The van der Waals surface area contributed by atoms with Gasteiger partial charge in [-0.1, -0.05) is 93.9 Å². The van der Waals surface area contributed by atoms with Crippen molar-refractivity contribution in [2.75, 3.05) is 13.7 Å². The maximum Gasteiger partial charge on any atom is 0.407 e. The third-order valence-electron chi connectivity index (χ3n) is 12.2. The molecule has 3 heterocycles. The summed E-state index contributed by atoms with van der Waals surface area (Å²) >= 11 is 0. The molecule has 11 heteroatoms. The van der Waals surface area contributed by atoms with Gasteiger partial charge < -0.3 is 30.6 Å². The Hall–Kier alpha value is -5.71. The number of carbonyl (C=O) groups excluding carboxylic acids is 3. The average Bonchev–Trinajstić information content (AvgIpc) is 4.11. The van der Waals surface area contributed by atoms with E-state index in [0.29, 0.717) is 18.9 Å². The summed E-state index contributed by atoms with van der Waals surface area (Å²) in [5, 5.41) is 9.08. The van der Waals surface area contributed by atoms with Crippen LogP contribution in [0.3, 0.4) is 0 Å². The first-order chi connectivity index (χ1) is 28.6. The van der Waals surface area contributed by atoms with Crippen molar-refractivity contribution in [3.63, 3.8) is 0 Å². The maximum absolute atomic E-state index is 13.7. The van der Waals surface area contributed by atoms with Crippen LogP contribution >= 0.6 is 0 Å². The van der Waals surface area contributed by atoms with E-state index in [0.717, 1.165) is 70.4 Å². The molecule has 0 spiro atoms. The summed E-state index contributed by atoms with van der Waals surface area (Å²) in [4.78, 5) is 50.1. The molecule has 7 rings (SSSR count). The van der Waals surface area contributed by atoms with Crippen molar-refractivity contribution in [3.8, 4) is 22.4 Å². The van der Waals surface area contributed by atoms with E-state index < -0.39 is 12.1 Å². The number of aromatic amines is 1. The van der Waals surface area contributed by atoms with Gasteiger partial charge in [-0.05, 0) is 104 Å². The molecule has 6 atom stereocenters. The number of likely N-dealkylation sites (tertiary alicyclic amines) is 1. The molecule has 3 fully saturated rings. The van der Waals surface area contributed by atoms with Crippen LogP contribution in [-0.2, 0) is 14.3 Å². The number of nitrogens with zero attached hydrogens (tertiary/aromatic N) is 3. The Bertz CT molecular complexity index is 2060. The molecule has 1 aliphatic heterocycles. The van der Waals surface area contributed by atoms with Crippen molar-refractivity contribution in [2.45, 2.75) is 104 Å². The lowest BCUT2D eigenvalue weighted by Gasteiger charge is -2.32. The minimum absolute atomic E-state index is 0.0428. The summed E-state index contributed by atoms with van der Waals surface area (Å²) in [6, 6.07) is 20.4. The summed E-state index contributed by atoms with van der Waals surface area (Å²) in [6.07, 6.45) is 17.8. The highest BCUT2D eigenvalue weighted by Gasteiger charge is 2.41. The molecular formula is C48H61N7O4. The molecule has 0 radical (unpaired) electrons. The molecule has 4 aromatic rings. The largest absolute Gasteiger partial charge is 0.453 e. The van der Waals surface area contributed by atoms with Crippen molar-refractivity contribution in [3.05, 3.63) is 114 Å². The number of rotatable bonds is 14. The van der Waals surface area contributed by atoms with Crippen LogP contribution in [0.25, 0.3) is 28.1 Å². The number of amides is 3. The number of H-pyrrole nitrogens is 1. The number of hydrogen-bond donors (Lipinski definition) is 4. The van der Waals surface area contributed by atoms with Gasteiger partial charge >= 0.3 is 6.09 Å². The average molecular weight is 800 g/mol. The Labute approximate surface area is 349 Å². The Morgan fingerprint density at radius 1 is 0.966 bits per heavy atom. The molecule has 2 saturated carbocycles. The van der Waals surface area contributed by atoms with Gasteiger partial charge in [0.05, 0.1) is 31.1 Å². The molecule has 2 aromatic carbocycles. The zero-order valence-electron chi connectivity index (χ0n) is 35.4. The van der Waals surface area contributed by atoms with Crippen LogP contribution in [0.4, 0.5) is 4.79 Å². The van der Waals surface area contributed by atoms with Crippen LogP contribution < -0.4 is 16.0 Å². The van der Waals surface area contributed by atoms with Gasteiger partial charge in [-0.2, -0.15) is 0 Å². The highest BCUT2D eigenvalue weighted by atomic mass is 16.5. The zero-order chi connectivity index (χ0) is 41.9. The van der Waals surface area contributed by atoms with Gasteiger partial charge in [0.25, 0.3) is 0 Å². The van der Waals surface area contributed by atoms with E-state index in [1.54, 1.807) is 12.4 Å². The third-order valence-corrected chi connectivity index (χ3v) is 12.2. The van der Waals surface area contributed by atoms with Gasteiger partial charge in [-0.25, -0.2) is 9.78 Å². The lowest BCUT2D eigenvalue weighted by Crippen LogP contribution is -2.53. The highest BCUT2D eigenvalue weighted by molar-refractivity contribution is 5.86. The normalized spacial score (nSPS) is 21.0. The first-order valence-corrected chi connectivity index (χ1v) is 21.3. The van der Waals surface area contributed by atoms with Gasteiger partial charge in [0.1, 0.15) is 11.9 Å². The molecule has 2 bridgehead atoms. The lowest BCUT2D eigenvalue weighted by molar-refractivity contribution is -0.134. The van der Waals surface area contributed by atoms with E-state index >= 15 is 0 Å². The molecule has 312 valence electrons. The van der Waals surface area contributed by atoms with Crippen molar-refractivity contribution >= 4 is 24.1 Å². The fourth-order valence-corrected chi connectivity index (χ4v) is 8.95. The van der Waals surface area contributed by atoms with E-state index in [-0.39, 0.29) is 23.9 Å².